The average Bonchev–Trinajstić information content (AvgIpc) is 2.15. The average molecular weight is 239 g/mol. The van der Waals surface area contributed by atoms with Crippen molar-refractivity contribution in [1.82, 2.24) is 4.98 Å². The number of nitrogens with two attached hydrogens (primary N) is 1. The maximum atomic E-state index is 11.8. The van der Waals surface area contributed by atoms with Crippen LogP contribution >= 0.6 is 12.4 Å². The molecule has 0 saturated carbocycles. The highest BCUT2D eigenvalue weighted by Crippen LogP contribution is 2.15. The van der Waals surface area contributed by atoms with Gasteiger partial charge in [-0.15, -0.1) is 12.4 Å². The van der Waals surface area contributed by atoms with E-state index in [0.29, 0.717) is 12.1 Å². The van der Waals surface area contributed by atoms with Gasteiger partial charge < -0.3 is 10.5 Å². The highest BCUT2D eigenvalue weighted by Gasteiger charge is 2.06. The molecule has 0 aliphatic heterocycles. The van der Waals surface area contributed by atoms with Crippen molar-refractivity contribution in [2.24, 2.45) is 5.73 Å². The van der Waals surface area contributed by atoms with E-state index < -0.39 is 13.0 Å². The van der Waals surface area contributed by atoms with E-state index in [4.69, 9.17) is 10.5 Å². The zero-order valence-corrected chi connectivity index (χ0v) is 9.06. The topological polar surface area (TPSA) is 48.1 Å². The molecular formula is C9H13ClF2N2O. The van der Waals surface area contributed by atoms with E-state index in [1.165, 1.54) is 6.20 Å². The molecule has 86 valence electrons. The zero-order valence-electron chi connectivity index (χ0n) is 8.24. The number of ether oxygens (including phenoxy) is 1. The maximum absolute atomic E-state index is 11.8. The third kappa shape index (κ3) is 4.40. The molecule has 6 heteroatoms. The molecule has 0 fully saturated rings. The third-order valence-electron chi connectivity index (χ3n) is 1.67. The molecule has 0 aliphatic rings. The number of halogens is 3. The van der Waals surface area contributed by atoms with Crippen LogP contribution in [0.4, 0.5) is 8.78 Å². The van der Waals surface area contributed by atoms with Gasteiger partial charge in [0.1, 0.15) is 0 Å². The molecule has 2 N–H and O–H groups in total. The molecule has 0 aromatic carbocycles. The van der Waals surface area contributed by atoms with Gasteiger partial charge in [0.05, 0.1) is 0 Å². The Balaban J connectivity index is 0.00000196. The number of pyridine rings is 1. The first-order chi connectivity index (χ1) is 6.63. The van der Waals surface area contributed by atoms with E-state index in [-0.39, 0.29) is 18.3 Å². The standard InChI is InChI=1S/C9H12F2N2O.ClH/c1-6-2-7(3-12)4-13-9(6)14-5-8(10)11;/h2,4,8H,3,5,12H2,1H3;1H. The van der Waals surface area contributed by atoms with Gasteiger partial charge in [-0.25, -0.2) is 13.8 Å². The Morgan fingerprint density at radius 1 is 1.53 bits per heavy atom. The number of aromatic nitrogens is 1. The van der Waals surface area contributed by atoms with Crippen LogP contribution in [0.15, 0.2) is 12.3 Å². The van der Waals surface area contributed by atoms with Gasteiger partial charge in [0.2, 0.25) is 5.88 Å². The van der Waals surface area contributed by atoms with Crippen LogP contribution in [0, 0.1) is 6.92 Å². The lowest BCUT2D eigenvalue weighted by Gasteiger charge is -2.07. The summed E-state index contributed by atoms with van der Waals surface area (Å²) < 4.78 is 28.4. The zero-order chi connectivity index (χ0) is 10.6. The van der Waals surface area contributed by atoms with Crippen LogP contribution in [0.1, 0.15) is 11.1 Å². The van der Waals surface area contributed by atoms with E-state index >= 15 is 0 Å². The Morgan fingerprint density at radius 3 is 2.67 bits per heavy atom. The number of hydrogen-bond donors (Lipinski definition) is 1. The number of rotatable bonds is 4. The van der Waals surface area contributed by atoms with Crippen LogP contribution in [-0.4, -0.2) is 18.0 Å². The van der Waals surface area contributed by atoms with Gasteiger partial charge in [0.15, 0.2) is 6.61 Å². The van der Waals surface area contributed by atoms with Gasteiger partial charge in [0, 0.05) is 18.3 Å². The van der Waals surface area contributed by atoms with Crippen molar-refractivity contribution in [2.75, 3.05) is 6.61 Å². The molecule has 1 aromatic heterocycles. The molecular weight excluding hydrogens is 226 g/mol. The molecule has 15 heavy (non-hydrogen) atoms. The summed E-state index contributed by atoms with van der Waals surface area (Å²) in [5.41, 5.74) is 6.96. The third-order valence-corrected chi connectivity index (χ3v) is 1.67. The van der Waals surface area contributed by atoms with E-state index in [1.807, 2.05) is 0 Å². The van der Waals surface area contributed by atoms with Crippen molar-refractivity contribution in [3.8, 4) is 5.88 Å². The summed E-state index contributed by atoms with van der Waals surface area (Å²) in [7, 11) is 0. The van der Waals surface area contributed by atoms with Crippen LogP contribution in [0.3, 0.4) is 0 Å². The second-order valence-corrected chi connectivity index (χ2v) is 2.87. The summed E-state index contributed by atoms with van der Waals surface area (Å²) in [6, 6.07) is 1.77. The van der Waals surface area contributed by atoms with Crippen molar-refractivity contribution < 1.29 is 13.5 Å². The Hall–Kier alpha value is -0.940. The van der Waals surface area contributed by atoms with Gasteiger partial charge in [0.25, 0.3) is 6.43 Å². The quantitative estimate of drug-likeness (QED) is 0.872. The fraction of sp³-hybridized carbons (Fsp3) is 0.444. The highest BCUT2D eigenvalue weighted by atomic mass is 35.5. The van der Waals surface area contributed by atoms with Crippen molar-refractivity contribution in [2.45, 2.75) is 19.9 Å². The largest absolute Gasteiger partial charge is 0.471 e. The van der Waals surface area contributed by atoms with Crippen molar-refractivity contribution in [1.29, 1.82) is 0 Å². The Labute approximate surface area is 93.0 Å². The number of hydrogen-bond acceptors (Lipinski definition) is 3. The van der Waals surface area contributed by atoms with E-state index in [0.717, 1.165) is 5.56 Å². The van der Waals surface area contributed by atoms with Gasteiger partial charge >= 0.3 is 0 Å². The molecule has 0 bridgehead atoms. The first-order valence-electron chi connectivity index (χ1n) is 4.20. The first-order valence-corrected chi connectivity index (χ1v) is 4.20. The van der Waals surface area contributed by atoms with E-state index in [9.17, 15) is 8.78 Å². The normalized spacial score (nSPS) is 9.93. The van der Waals surface area contributed by atoms with E-state index in [1.54, 1.807) is 13.0 Å². The van der Waals surface area contributed by atoms with Crippen LogP contribution < -0.4 is 10.5 Å². The molecule has 0 radical (unpaired) electrons. The fourth-order valence-electron chi connectivity index (χ4n) is 1.03. The van der Waals surface area contributed by atoms with Crippen LogP contribution in [-0.2, 0) is 6.54 Å². The maximum Gasteiger partial charge on any atom is 0.272 e. The minimum Gasteiger partial charge on any atom is -0.471 e. The molecule has 1 heterocycles. The Bertz CT molecular complexity index is 310. The number of alkyl halides is 2. The minimum absolute atomic E-state index is 0. The van der Waals surface area contributed by atoms with Crippen molar-refractivity contribution in [3.63, 3.8) is 0 Å². The summed E-state index contributed by atoms with van der Waals surface area (Å²) in [5.74, 6) is 0.238. The molecule has 0 amide bonds. The fourth-order valence-corrected chi connectivity index (χ4v) is 1.03. The van der Waals surface area contributed by atoms with Crippen LogP contribution in [0.25, 0.3) is 0 Å². The molecule has 1 rings (SSSR count). The first kappa shape index (κ1) is 14.1. The summed E-state index contributed by atoms with van der Waals surface area (Å²) in [5, 5.41) is 0. The molecule has 1 aromatic rings. The predicted molar refractivity (Wildman–Crippen MR) is 55.6 cm³/mol. The molecule has 0 unspecified atom stereocenters. The summed E-state index contributed by atoms with van der Waals surface area (Å²) in [6.45, 7) is 1.49. The smallest absolute Gasteiger partial charge is 0.272 e. The lowest BCUT2D eigenvalue weighted by atomic mass is 10.2. The Kier molecular flexibility index (Phi) is 6.12. The van der Waals surface area contributed by atoms with Gasteiger partial charge in [-0.1, -0.05) is 0 Å². The predicted octanol–water partition coefficient (Wildman–Crippen LogP) is 1.91. The number of aryl methyl sites for hydroxylation is 1. The molecule has 0 spiro atoms. The number of nitrogens with zero attached hydrogens (tertiary/aromatic N) is 1. The molecule has 3 nitrogen and oxygen atoms in total. The second kappa shape index (κ2) is 6.53. The van der Waals surface area contributed by atoms with E-state index in [2.05, 4.69) is 4.98 Å². The Morgan fingerprint density at radius 2 is 2.20 bits per heavy atom. The monoisotopic (exact) mass is 238 g/mol. The summed E-state index contributed by atoms with van der Waals surface area (Å²) in [6.07, 6.45) is -0.959. The second-order valence-electron chi connectivity index (χ2n) is 2.87. The molecule has 0 saturated heterocycles. The minimum atomic E-state index is -2.48. The summed E-state index contributed by atoms with van der Waals surface area (Å²) >= 11 is 0. The van der Waals surface area contributed by atoms with Crippen LogP contribution in [0.2, 0.25) is 0 Å². The van der Waals surface area contributed by atoms with Crippen LogP contribution in [0.5, 0.6) is 5.88 Å². The van der Waals surface area contributed by atoms with Gasteiger partial charge in [-0.2, -0.15) is 0 Å². The lowest BCUT2D eigenvalue weighted by Crippen LogP contribution is -2.09. The van der Waals surface area contributed by atoms with Crippen molar-refractivity contribution in [3.05, 3.63) is 23.4 Å². The van der Waals surface area contributed by atoms with Gasteiger partial charge in [-0.05, 0) is 18.6 Å². The molecule has 0 atom stereocenters. The highest BCUT2D eigenvalue weighted by molar-refractivity contribution is 5.85. The lowest BCUT2D eigenvalue weighted by molar-refractivity contribution is 0.0792. The van der Waals surface area contributed by atoms with Crippen molar-refractivity contribution >= 4 is 12.4 Å². The molecule has 0 aliphatic carbocycles. The summed E-state index contributed by atoms with van der Waals surface area (Å²) in [4.78, 5) is 3.89. The SMILES string of the molecule is Cc1cc(CN)cnc1OCC(F)F.Cl. The van der Waals surface area contributed by atoms with Gasteiger partial charge in [-0.3, -0.25) is 0 Å².